The van der Waals surface area contributed by atoms with E-state index in [0.717, 1.165) is 0 Å². The Bertz CT molecular complexity index is 162. The minimum atomic E-state index is -0.708. The number of aliphatic hydroxyl groups is 1. The summed E-state index contributed by atoms with van der Waals surface area (Å²) in [6.45, 7) is 3.09. The van der Waals surface area contributed by atoms with E-state index in [2.05, 4.69) is 0 Å². The van der Waals surface area contributed by atoms with Crippen molar-refractivity contribution in [1.29, 1.82) is 0 Å². The lowest BCUT2D eigenvalue weighted by Crippen LogP contribution is -2.41. The maximum atomic E-state index is 10.5. The lowest BCUT2D eigenvalue weighted by atomic mass is 9.97. The van der Waals surface area contributed by atoms with E-state index in [0.29, 0.717) is 25.9 Å². The van der Waals surface area contributed by atoms with Crippen molar-refractivity contribution in [2.45, 2.75) is 26.0 Å². The monoisotopic (exact) mass is 173 g/mol. The first kappa shape index (κ1) is 9.48. The van der Waals surface area contributed by atoms with Gasteiger partial charge in [0.25, 0.3) is 0 Å². The van der Waals surface area contributed by atoms with Crippen molar-refractivity contribution in [3.63, 3.8) is 0 Å². The van der Waals surface area contributed by atoms with E-state index in [4.69, 9.17) is 5.11 Å². The Morgan fingerprint density at radius 2 is 2.00 bits per heavy atom. The van der Waals surface area contributed by atoms with Crippen LogP contribution in [0.1, 0.15) is 19.8 Å². The standard InChI is InChI=1S/C8H15NO3/c1-6(10)9-4-2-7(3-5-9)8(11)12/h6-7,10H,2-5H2,1H3,(H,11,12). The topological polar surface area (TPSA) is 60.8 Å². The molecule has 2 N–H and O–H groups in total. The van der Waals surface area contributed by atoms with Crippen molar-refractivity contribution >= 4 is 5.97 Å². The van der Waals surface area contributed by atoms with Gasteiger partial charge in [0.05, 0.1) is 5.92 Å². The fourth-order valence-corrected chi connectivity index (χ4v) is 1.52. The molecule has 0 saturated carbocycles. The summed E-state index contributed by atoms with van der Waals surface area (Å²) in [5.41, 5.74) is 0. The molecule has 70 valence electrons. The van der Waals surface area contributed by atoms with Crippen LogP contribution in [0.15, 0.2) is 0 Å². The zero-order valence-corrected chi connectivity index (χ0v) is 7.23. The summed E-state index contributed by atoms with van der Waals surface area (Å²) in [5, 5.41) is 17.9. The quantitative estimate of drug-likeness (QED) is 0.622. The highest BCUT2D eigenvalue weighted by Crippen LogP contribution is 2.17. The Labute approximate surface area is 71.8 Å². The third-order valence-corrected chi connectivity index (χ3v) is 2.41. The third kappa shape index (κ3) is 2.19. The Morgan fingerprint density at radius 3 is 2.33 bits per heavy atom. The third-order valence-electron chi connectivity index (χ3n) is 2.41. The van der Waals surface area contributed by atoms with Crippen molar-refractivity contribution < 1.29 is 15.0 Å². The number of carboxylic acid groups (broad SMARTS) is 1. The van der Waals surface area contributed by atoms with Crippen LogP contribution in [0.25, 0.3) is 0 Å². The van der Waals surface area contributed by atoms with E-state index in [1.165, 1.54) is 0 Å². The number of likely N-dealkylation sites (tertiary alicyclic amines) is 1. The fourth-order valence-electron chi connectivity index (χ4n) is 1.52. The lowest BCUT2D eigenvalue weighted by molar-refractivity contribution is -0.144. The molecule has 0 aromatic heterocycles. The number of carboxylic acids is 1. The second kappa shape index (κ2) is 3.87. The van der Waals surface area contributed by atoms with Gasteiger partial charge in [-0.25, -0.2) is 0 Å². The molecule has 0 aromatic carbocycles. The number of aliphatic hydroxyl groups excluding tert-OH is 1. The molecule has 1 heterocycles. The van der Waals surface area contributed by atoms with Gasteiger partial charge in [-0.15, -0.1) is 0 Å². The molecule has 1 fully saturated rings. The molecular weight excluding hydrogens is 158 g/mol. The molecule has 1 aliphatic rings. The molecule has 1 aliphatic heterocycles. The molecule has 1 unspecified atom stereocenters. The van der Waals surface area contributed by atoms with E-state index in [9.17, 15) is 9.90 Å². The predicted molar refractivity (Wildman–Crippen MR) is 43.6 cm³/mol. The van der Waals surface area contributed by atoms with Gasteiger partial charge in [-0.05, 0) is 19.8 Å². The second-order valence-electron chi connectivity index (χ2n) is 3.28. The first-order valence-corrected chi connectivity index (χ1v) is 4.26. The van der Waals surface area contributed by atoms with Crippen LogP contribution < -0.4 is 0 Å². The van der Waals surface area contributed by atoms with Crippen LogP contribution in [0.2, 0.25) is 0 Å². The van der Waals surface area contributed by atoms with Gasteiger partial charge in [-0.3, -0.25) is 9.69 Å². The Balaban J connectivity index is 2.34. The average molecular weight is 173 g/mol. The number of aliphatic carboxylic acids is 1. The van der Waals surface area contributed by atoms with Crippen molar-refractivity contribution in [3.8, 4) is 0 Å². The number of hydrogen-bond donors (Lipinski definition) is 2. The molecule has 4 nitrogen and oxygen atoms in total. The Hall–Kier alpha value is -0.610. The second-order valence-corrected chi connectivity index (χ2v) is 3.28. The maximum absolute atomic E-state index is 10.5. The molecule has 0 aliphatic carbocycles. The van der Waals surface area contributed by atoms with Crippen LogP contribution in [0.3, 0.4) is 0 Å². The highest BCUT2D eigenvalue weighted by atomic mass is 16.4. The zero-order valence-electron chi connectivity index (χ0n) is 7.23. The van der Waals surface area contributed by atoms with E-state index < -0.39 is 12.2 Å². The minimum Gasteiger partial charge on any atom is -0.481 e. The van der Waals surface area contributed by atoms with Crippen molar-refractivity contribution in [3.05, 3.63) is 0 Å². The Morgan fingerprint density at radius 1 is 1.50 bits per heavy atom. The van der Waals surface area contributed by atoms with E-state index >= 15 is 0 Å². The highest BCUT2D eigenvalue weighted by molar-refractivity contribution is 5.70. The zero-order chi connectivity index (χ0) is 9.14. The Kier molecular flexibility index (Phi) is 3.05. The van der Waals surface area contributed by atoms with Crippen molar-refractivity contribution in [2.24, 2.45) is 5.92 Å². The first-order chi connectivity index (χ1) is 5.61. The van der Waals surface area contributed by atoms with Gasteiger partial charge >= 0.3 is 5.97 Å². The van der Waals surface area contributed by atoms with Crippen LogP contribution in [0, 0.1) is 5.92 Å². The summed E-state index contributed by atoms with van der Waals surface area (Å²) in [7, 11) is 0. The van der Waals surface area contributed by atoms with E-state index in [-0.39, 0.29) is 5.92 Å². The molecule has 1 rings (SSSR count). The van der Waals surface area contributed by atoms with E-state index in [1.807, 2.05) is 4.90 Å². The molecule has 12 heavy (non-hydrogen) atoms. The molecule has 0 spiro atoms. The number of hydrogen-bond acceptors (Lipinski definition) is 3. The van der Waals surface area contributed by atoms with Crippen LogP contribution in [-0.2, 0) is 4.79 Å². The van der Waals surface area contributed by atoms with Gasteiger partial charge in [-0.1, -0.05) is 0 Å². The van der Waals surface area contributed by atoms with Crippen molar-refractivity contribution in [2.75, 3.05) is 13.1 Å². The van der Waals surface area contributed by atoms with Crippen LogP contribution >= 0.6 is 0 Å². The number of nitrogens with zero attached hydrogens (tertiary/aromatic N) is 1. The summed E-state index contributed by atoms with van der Waals surface area (Å²) in [4.78, 5) is 12.4. The average Bonchev–Trinajstić information content (AvgIpc) is 2.04. The summed E-state index contributed by atoms with van der Waals surface area (Å²) in [5.74, 6) is -0.916. The van der Waals surface area contributed by atoms with Gasteiger partial charge in [0, 0.05) is 13.1 Å². The molecule has 0 radical (unpaired) electrons. The van der Waals surface area contributed by atoms with Crippen LogP contribution in [-0.4, -0.2) is 40.4 Å². The number of piperidine rings is 1. The summed E-state index contributed by atoms with van der Waals surface area (Å²) in [6, 6.07) is 0. The highest BCUT2D eigenvalue weighted by Gasteiger charge is 2.25. The summed E-state index contributed by atoms with van der Waals surface area (Å²) >= 11 is 0. The van der Waals surface area contributed by atoms with Crippen LogP contribution in [0.4, 0.5) is 0 Å². The van der Waals surface area contributed by atoms with Crippen molar-refractivity contribution in [1.82, 2.24) is 4.90 Å². The van der Waals surface area contributed by atoms with Gasteiger partial charge in [-0.2, -0.15) is 0 Å². The number of carbonyl (C=O) groups is 1. The van der Waals surface area contributed by atoms with Crippen LogP contribution in [0.5, 0.6) is 0 Å². The summed E-state index contributed by atoms with van der Waals surface area (Å²) in [6.07, 6.45) is 0.861. The fraction of sp³-hybridized carbons (Fsp3) is 0.875. The SMILES string of the molecule is CC(O)N1CCC(C(=O)O)CC1. The largest absolute Gasteiger partial charge is 0.481 e. The molecular formula is C8H15NO3. The smallest absolute Gasteiger partial charge is 0.306 e. The molecule has 1 atom stereocenters. The molecule has 1 saturated heterocycles. The van der Waals surface area contributed by atoms with Gasteiger partial charge in [0.15, 0.2) is 0 Å². The lowest BCUT2D eigenvalue weighted by Gasteiger charge is -2.31. The maximum Gasteiger partial charge on any atom is 0.306 e. The normalized spacial score (nSPS) is 23.8. The summed E-state index contributed by atoms with van der Waals surface area (Å²) < 4.78 is 0. The number of rotatable bonds is 2. The molecule has 4 heteroatoms. The van der Waals surface area contributed by atoms with Gasteiger partial charge < -0.3 is 10.2 Å². The predicted octanol–water partition coefficient (Wildman–Crippen LogP) is 0.121. The van der Waals surface area contributed by atoms with Gasteiger partial charge in [0.1, 0.15) is 6.23 Å². The van der Waals surface area contributed by atoms with Gasteiger partial charge in [0.2, 0.25) is 0 Å². The molecule has 0 aromatic rings. The minimum absolute atomic E-state index is 0.208. The molecule has 0 bridgehead atoms. The molecule has 0 amide bonds. The first-order valence-electron chi connectivity index (χ1n) is 4.26. The van der Waals surface area contributed by atoms with E-state index in [1.54, 1.807) is 6.92 Å².